The first-order valence-electron chi connectivity index (χ1n) is 7.40. The second kappa shape index (κ2) is 7.30. The Morgan fingerprint density at radius 3 is 2.47 bits per heavy atom. The Morgan fingerprint density at radius 1 is 1.05 bits per heavy atom. The number of fused-ring (bicyclic) bond motifs is 1. The smallest absolute Gasteiger partial charge is 0.175 e. The van der Waals surface area contributed by atoms with E-state index in [-0.39, 0.29) is 0 Å². The fourth-order valence-corrected chi connectivity index (χ4v) is 4.47. The summed E-state index contributed by atoms with van der Waals surface area (Å²) >= 11 is 3.74. The van der Waals surface area contributed by atoms with Crippen LogP contribution in [-0.2, 0) is 0 Å². The molecule has 3 heteroatoms. The van der Waals surface area contributed by atoms with E-state index < -0.39 is 0 Å². The van der Waals surface area contributed by atoms with E-state index in [9.17, 15) is 0 Å². The van der Waals surface area contributed by atoms with Gasteiger partial charge in [-0.05, 0) is 24.8 Å². The van der Waals surface area contributed by atoms with Crippen molar-refractivity contribution in [2.75, 3.05) is 6.61 Å². The molecule has 106 valence electrons. The van der Waals surface area contributed by atoms with Crippen LogP contribution in [0.5, 0.6) is 5.06 Å². The van der Waals surface area contributed by atoms with Crippen LogP contribution in [0.1, 0.15) is 63.7 Å². The molecule has 0 aliphatic rings. The summed E-state index contributed by atoms with van der Waals surface area (Å²) in [4.78, 5) is 1.54. The molecule has 2 rings (SSSR count). The maximum atomic E-state index is 5.78. The average molecular weight is 297 g/mol. The highest BCUT2D eigenvalue weighted by molar-refractivity contribution is 7.28. The maximum absolute atomic E-state index is 5.78. The van der Waals surface area contributed by atoms with Crippen molar-refractivity contribution < 1.29 is 4.74 Å². The third kappa shape index (κ3) is 3.96. The first kappa shape index (κ1) is 14.9. The van der Waals surface area contributed by atoms with Crippen LogP contribution in [0.4, 0.5) is 0 Å². The molecule has 0 aromatic carbocycles. The van der Waals surface area contributed by atoms with Crippen molar-refractivity contribution in [2.45, 2.75) is 58.8 Å². The molecule has 0 radical (unpaired) electrons. The lowest BCUT2D eigenvalue weighted by molar-refractivity contribution is 0.318. The number of thiophene rings is 2. The Hall–Kier alpha value is -0.540. The lowest BCUT2D eigenvalue weighted by Gasteiger charge is -2.07. The molecule has 2 aromatic heterocycles. The van der Waals surface area contributed by atoms with Crippen molar-refractivity contribution in [1.82, 2.24) is 0 Å². The van der Waals surface area contributed by atoms with Crippen molar-refractivity contribution in [1.29, 1.82) is 0 Å². The van der Waals surface area contributed by atoms with E-state index in [2.05, 4.69) is 32.9 Å². The molecule has 2 aromatic rings. The second-order valence-corrected chi connectivity index (χ2v) is 7.35. The largest absolute Gasteiger partial charge is 0.484 e. The molecule has 1 nitrogen and oxygen atoms in total. The van der Waals surface area contributed by atoms with Gasteiger partial charge in [0.25, 0.3) is 0 Å². The molecule has 0 aliphatic carbocycles. The topological polar surface area (TPSA) is 9.23 Å². The zero-order chi connectivity index (χ0) is 13.7. The SMILES string of the molecule is CCCCOc1cc2sc(C(C)CCCC)cc2s1. The first-order chi connectivity index (χ1) is 9.24. The fourth-order valence-electron chi connectivity index (χ4n) is 2.12. The summed E-state index contributed by atoms with van der Waals surface area (Å²) in [6.45, 7) is 7.66. The van der Waals surface area contributed by atoms with Gasteiger partial charge in [0.1, 0.15) is 0 Å². The van der Waals surface area contributed by atoms with Gasteiger partial charge in [-0.2, -0.15) is 0 Å². The van der Waals surface area contributed by atoms with Gasteiger partial charge in [0.05, 0.1) is 6.61 Å². The summed E-state index contributed by atoms with van der Waals surface area (Å²) in [6, 6.07) is 4.59. The van der Waals surface area contributed by atoms with Crippen LogP contribution in [0.15, 0.2) is 12.1 Å². The van der Waals surface area contributed by atoms with E-state index in [1.165, 1.54) is 40.0 Å². The highest BCUT2D eigenvalue weighted by Crippen LogP contribution is 2.40. The average Bonchev–Trinajstić information content (AvgIpc) is 2.94. The van der Waals surface area contributed by atoms with E-state index in [1.807, 2.05) is 11.3 Å². The van der Waals surface area contributed by atoms with Gasteiger partial charge < -0.3 is 4.74 Å². The molecule has 0 fully saturated rings. The summed E-state index contributed by atoms with van der Waals surface area (Å²) in [7, 11) is 0. The first-order valence-corrected chi connectivity index (χ1v) is 9.04. The molecular weight excluding hydrogens is 272 g/mol. The van der Waals surface area contributed by atoms with Gasteiger partial charge in [-0.1, -0.05) is 51.4 Å². The molecule has 0 bridgehead atoms. The van der Waals surface area contributed by atoms with Crippen LogP contribution in [0, 0.1) is 0 Å². The molecule has 2 heterocycles. The Morgan fingerprint density at radius 2 is 1.79 bits per heavy atom. The molecule has 19 heavy (non-hydrogen) atoms. The highest BCUT2D eigenvalue weighted by Gasteiger charge is 2.12. The van der Waals surface area contributed by atoms with Crippen molar-refractivity contribution >= 4 is 32.1 Å². The quantitative estimate of drug-likeness (QED) is 0.510. The highest BCUT2D eigenvalue weighted by atomic mass is 32.1. The summed E-state index contributed by atoms with van der Waals surface area (Å²) in [5.74, 6) is 0.703. The normalized spacial score (nSPS) is 13.0. The molecule has 0 amide bonds. The van der Waals surface area contributed by atoms with E-state index in [4.69, 9.17) is 4.74 Å². The minimum absolute atomic E-state index is 0.703. The summed E-state index contributed by atoms with van der Waals surface area (Å²) < 4.78 is 8.58. The van der Waals surface area contributed by atoms with E-state index in [1.54, 1.807) is 11.3 Å². The van der Waals surface area contributed by atoms with E-state index in [0.29, 0.717) is 5.92 Å². The second-order valence-electron chi connectivity index (χ2n) is 5.19. The zero-order valence-electron chi connectivity index (χ0n) is 12.2. The minimum atomic E-state index is 0.703. The Kier molecular flexibility index (Phi) is 5.71. The van der Waals surface area contributed by atoms with Gasteiger partial charge >= 0.3 is 0 Å². The van der Waals surface area contributed by atoms with Crippen LogP contribution in [0.3, 0.4) is 0 Å². The zero-order valence-corrected chi connectivity index (χ0v) is 13.8. The fraction of sp³-hybridized carbons (Fsp3) is 0.625. The molecule has 1 unspecified atom stereocenters. The lowest BCUT2D eigenvalue weighted by Crippen LogP contribution is -1.93. The van der Waals surface area contributed by atoms with Crippen molar-refractivity contribution in [3.05, 3.63) is 17.0 Å². The van der Waals surface area contributed by atoms with Gasteiger partial charge in [0.15, 0.2) is 5.06 Å². The molecular formula is C16H24OS2. The van der Waals surface area contributed by atoms with E-state index >= 15 is 0 Å². The number of rotatable bonds is 8. The van der Waals surface area contributed by atoms with Crippen LogP contribution in [-0.4, -0.2) is 6.61 Å². The number of hydrogen-bond acceptors (Lipinski definition) is 3. The summed E-state index contributed by atoms with van der Waals surface area (Å²) in [6.07, 6.45) is 6.27. The van der Waals surface area contributed by atoms with Crippen LogP contribution < -0.4 is 4.74 Å². The van der Waals surface area contributed by atoms with Crippen LogP contribution >= 0.6 is 22.7 Å². The molecule has 0 saturated heterocycles. The third-order valence-electron chi connectivity index (χ3n) is 3.42. The molecule has 0 saturated carbocycles. The van der Waals surface area contributed by atoms with E-state index in [0.717, 1.165) is 18.1 Å². The van der Waals surface area contributed by atoms with Gasteiger partial charge in [-0.15, -0.1) is 11.3 Å². The summed E-state index contributed by atoms with van der Waals surface area (Å²) in [5, 5.41) is 1.09. The van der Waals surface area contributed by atoms with Crippen LogP contribution in [0.25, 0.3) is 9.40 Å². The molecule has 0 spiro atoms. The number of ether oxygens (including phenoxy) is 1. The third-order valence-corrected chi connectivity index (χ3v) is 5.86. The number of hydrogen-bond donors (Lipinski definition) is 0. The predicted octanol–water partition coefficient (Wildman–Crippen LogP) is 6.44. The van der Waals surface area contributed by atoms with Gasteiger partial charge in [-0.25, -0.2) is 0 Å². The Labute approximate surface area is 124 Å². The Bertz CT molecular complexity index is 466. The maximum Gasteiger partial charge on any atom is 0.175 e. The molecule has 0 aliphatic heterocycles. The van der Waals surface area contributed by atoms with Crippen molar-refractivity contribution in [2.24, 2.45) is 0 Å². The Balaban J connectivity index is 2.00. The summed E-state index contributed by atoms with van der Waals surface area (Å²) in [5.41, 5.74) is 0. The van der Waals surface area contributed by atoms with Gasteiger partial charge in [0, 0.05) is 20.3 Å². The van der Waals surface area contributed by atoms with Crippen molar-refractivity contribution in [3.8, 4) is 5.06 Å². The monoisotopic (exact) mass is 296 g/mol. The molecule has 0 N–H and O–H groups in total. The van der Waals surface area contributed by atoms with Crippen molar-refractivity contribution in [3.63, 3.8) is 0 Å². The van der Waals surface area contributed by atoms with Crippen LogP contribution in [0.2, 0.25) is 0 Å². The predicted molar refractivity (Wildman–Crippen MR) is 88.0 cm³/mol. The number of unbranched alkanes of at least 4 members (excludes halogenated alkanes) is 2. The lowest BCUT2D eigenvalue weighted by atomic mass is 10.0. The molecule has 1 atom stereocenters. The van der Waals surface area contributed by atoms with Gasteiger partial charge in [-0.3, -0.25) is 0 Å². The minimum Gasteiger partial charge on any atom is -0.484 e. The standard InChI is InChI=1S/C16H24OS2/c1-4-6-8-12(3)13-10-14-15(18-13)11-16(19-14)17-9-7-5-2/h10-12H,4-9H2,1-3H3. The van der Waals surface area contributed by atoms with Gasteiger partial charge in [0.2, 0.25) is 0 Å².